The molecule has 1 aliphatic rings. The van der Waals surface area contributed by atoms with Gasteiger partial charge < -0.3 is 10.6 Å². The van der Waals surface area contributed by atoms with Gasteiger partial charge in [0.25, 0.3) is 0 Å². The molecule has 1 aliphatic carbocycles. The fourth-order valence-corrected chi connectivity index (χ4v) is 3.12. The van der Waals surface area contributed by atoms with Crippen LogP contribution in [-0.4, -0.2) is 37.6 Å². The standard InChI is InChI=1S/C18H29N3S.HI/c1-3-19-17(20-13-7-8-14-22-2)21-15-18(11-12-18)16-9-5-4-6-10-16;/h4-6,9-10H,3,7-8,11-15H2,1-2H3,(H2,19,20,21);1H. The molecule has 1 aromatic rings. The Bertz CT molecular complexity index is 461. The second-order valence-electron chi connectivity index (χ2n) is 5.97. The lowest BCUT2D eigenvalue weighted by molar-refractivity contribution is 0.685. The van der Waals surface area contributed by atoms with Crippen molar-refractivity contribution in [2.75, 3.05) is 31.6 Å². The molecule has 2 N–H and O–H groups in total. The van der Waals surface area contributed by atoms with Crippen LogP contribution in [0.5, 0.6) is 0 Å². The molecule has 0 bridgehead atoms. The maximum absolute atomic E-state index is 4.83. The Labute approximate surface area is 162 Å². The van der Waals surface area contributed by atoms with E-state index in [1.807, 2.05) is 11.8 Å². The van der Waals surface area contributed by atoms with Gasteiger partial charge in [-0.25, -0.2) is 0 Å². The van der Waals surface area contributed by atoms with E-state index in [4.69, 9.17) is 4.99 Å². The molecule has 1 aromatic carbocycles. The van der Waals surface area contributed by atoms with Gasteiger partial charge in [-0.05, 0) is 50.2 Å². The molecule has 0 atom stereocenters. The minimum atomic E-state index is 0. The van der Waals surface area contributed by atoms with Crippen molar-refractivity contribution in [1.29, 1.82) is 0 Å². The fourth-order valence-electron chi connectivity index (χ4n) is 2.63. The summed E-state index contributed by atoms with van der Waals surface area (Å²) in [5, 5.41) is 6.82. The maximum Gasteiger partial charge on any atom is 0.191 e. The van der Waals surface area contributed by atoms with Crippen LogP contribution < -0.4 is 10.6 Å². The van der Waals surface area contributed by atoms with Crippen LogP contribution in [-0.2, 0) is 5.41 Å². The van der Waals surface area contributed by atoms with E-state index >= 15 is 0 Å². The van der Waals surface area contributed by atoms with Crippen molar-refractivity contribution in [1.82, 2.24) is 10.6 Å². The van der Waals surface area contributed by atoms with Crippen molar-refractivity contribution in [2.45, 2.75) is 38.0 Å². The fraction of sp³-hybridized carbons (Fsp3) is 0.611. The van der Waals surface area contributed by atoms with Crippen molar-refractivity contribution in [3.05, 3.63) is 35.9 Å². The molecule has 0 heterocycles. The summed E-state index contributed by atoms with van der Waals surface area (Å²) in [6.45, 7) is 4.92. The third-order valence-corrected chi connectivity index (χ3v) is 4.89. The third-order valence-electron chi connectivity index (χ3n) is 4.19. The smallest absolute Gasteiger partial charge is 0.191 e. The highest BCUT2D eigenvalue weighted by molar-refractivity contribution is 14.0. The molecule has 1 saturated carbocycles. The van der Waals surface area contributed by atoms with Gasteiger partial charge in [-0.1, -0.05) is 30.3 Å². The predicted octanol–water partition coefficient (Wildman–Crippen LogP) is 4.03. The van der Waals surface area contributed by atoms with Crippen molar-refractivity contribution in [2.24, 2.45) is 4.99 Å². The van der Waals surface area contributed by atoms with Gasteiger partial charge in [-0.15, -0.1) is 24.0 Å². The number of nitrogens with zero attached hydrogens (tertiary/aromatic N) is 1. The number of halogens is 1. The molecule has 23 heavy (non-hydrogen) atoms. The largest absolute Gasteiger partial charge is 0.357 e. The van der Waals surface area contributed by atoms with Crippen LogP contribution in [0.2, 0.25) is 0 Å². The number of aliphatic imine (C=N–C) groups is 1. The summed E-state index contributed by atoms with van der Waals surface area (Å²) in [6, 6.07) is 10.8. The lowest BCUT2D eigenvalue weighted by Gasteiger charge is -2.16. The van der Waals surface area contributed by atoms with Crippen molar-refractivity contribution >= 4 is 41.7 Å². The topological polar surface area (TPSA) is 36.4 Å². The van der Waals surface area contributed by atoms with Gasteiger partial charge >= 0.3 is 0 Å². The van der Waals surface area contributed by atoms with Crippen LogP contribution in [0.15, 0.2) is 35.3 Å². The van der Waals surface area contributed by atoms with Gasteiger partial charge in [0.15, 0.2) is 5.96 Å². The van der Waals surface area contributed by atoms with Crippen LogP contribution in [0, 0.1) is 0 Å². The number of hydrogen-bond acceptors (Lipinski definition) is 2. The van der Waals surface area contributed by atoms with Gasteiger partial charge in [0, 0.05) is 18.5 Å². The molecule has 0 unspecified atom stereocenters. The average Bonchev–Trinajstić information content (AvgIpc) is 3.34. The quantitative estimate of drug-likeness (QED) is 0.260. The van der Waals surface area contributed by atoms with Crippen molar-refractivity contribution < 1.29 is 0 Å². The summed E-state index contributed by atoms with van der Waals surface area (Å²) in [7, 11) is 0. The molecule has 0 amide bonds. The van der Waals surface area contributed by atoms with E-state index in [1.165, 1.54) is 37.0 Å². The predicted molar refractivity (Wildman–Crippen MR) is 114 cm³/mol. The lowest BCUT2D eigenvalue weighted by atomic mass is 9.96. The number of nitrogens with one attached hydrogen (secondary N) is 2. The molecule has 2 rings (SSSR count). The Kier molecular flexibility index (Phi) is 10.0. The number of hydrogen-bond donors (Lipinski definition) is 2. The minimum Gasteiger partial charge on any atom is -0.357 e. The molecular formula is C18H30IN3S. The zero-order valence-corrected chi connectivity index (χ0v) is 17.5. The van der Waals surface area contributed by atoms with Gasteiger partial charge in [-0.2, -0.15) is 11.8 Å². The summed E-state index contributed by atoms with van der Waals surface area (Å²) >= 11 is 1.92. The van der Waals surface area contributed by atoms with E-state index in [2.05, 4.69) is 54.1 Å². The molecule has 0 saturated heterocycles. The number of rotatable bonds is 9. The van der Waals surface area contributed by atoms with Crippen LogP contribution in [0.1, 0.15) is 38.2 Å². The van der Waals surface area contributed by atoms with E-state index in [1.54, 1.807) is 0 Å². The van der Waals surface area contributed by atoms with Crippen LogP contribution in [0.4, 0.5) is 0 Å². The number of benzene rings is 1. The molecule has 1 fully saturated rings. The molecule has 0 aromatic heterocycles. The summed E-state index contributed by atoms with van der Waals surface area (Å²) in [5.41, 5.74) is 1.73. The first-order chi connectivity index (χ1) is 10.8. The minimum absolute atomic E-state index is 0. The molecular weight excluding hydrogens is 417 g/mol. The van der Waals surface area contributed by atoms with Crippen LogP contribution in [0.3, 0.4) is 0 Å². The number of unbranched alkanes of at least 4 members (excludes halogenated alkanes) is 1. The van der Waals surface area contributed by atoms with Gasteiger partial charge in [0.2, 0.25) is 0 Å². The Morgan fingerprint density at radius 2 is 1.91 bits per heavy atom. The third kappa shape index (κ3) is 6.91. The summed E-state index contributed by atoms with van der Waals surface area (Å²) in [6.07, 6.45) is 7.15. The first-order valence-electron chi connectivity index (χ1n) is 8.37. The summed E-state index contributed by atoms with van der Waals surface area (Å²) < 4.78 is 0. The van der Waals surface area contributed by atoms with Gasteiger partial charge in [-0.3, -0.25) is 4.99 Å². The monoisotopic (exact) mass is 447 g/mol. The average molecular weight is 447 g/mol. The molecule has 130 valence electrons. The maximum atomic E-state index is 4.83. The Hall–Kier alpha value is -0.430. The first kappa shape index (κ1) is 20.6. The summed E-state index contributed by atoms with van der Waals surface area (Å²) in [4.78, 5) is 4.83. The van der Waals surface area contributed by atoms with Gasteiger partial charge in [0.1, 0.15) is 0 Å². The molecule has 0 aliphatic heterocycles. The van der Waals surface area contributed by atoms with E-state index in [0.29, 0.717) is 5.41 Å². The highest BCUT2D eigenvalue weighted by Crippen LogP contribution is 2.48. The first-order valence-corrected chi connectivity index (χ1v) is 9.77. The molecule has 0 spiro atoms. The van der Waals surface area contributed by atoms with Crippen LogP contribution >= 0.6 is 35.7 Å². The van der Waals surface area contributed by atoms with Gasteiger partial charge in [0.05, 0.1) is 6.54 Å². The SMILES string of the molecule is CCNC(=NCC1(c2ccccc2)CC1)NCCCCSC.I. The summed E-state index contributed by atoms with van der Waals surface area (Å²) in [5.74, 6) is 2.21. The molecule has 5 heteroatoms. The second-order valence-corrected chi connectivity index (χ2v) is 6.95. The highest BCUT2D eigenvalue weighted by atomic mass is 127. The normalized spacial score (nSPS) is 15.7. The zero-order valence-electron chi connectivity index (χ0n) is 14.3. The Morgan fingerprint density at radius 1 is 1.17 bits per heavy atom. The van der Waals surface area contributed by atoms with E-state index in [0.717, 1.165) is 25.6 Å². The number of thioether (sulfide) groups is 1. The Morgan fingerprint density at radius 3 is 2.52 bits per heavy atom. The van der Waals surface area contributed by atoms with E-state index in [9.17, 15) is 0 Å². The zero-order chi connectivity index (χ0) is 15.7. The lowest BCUT2D eigenvalue weighted by Crippen LogP contribution is -2.38. The molecule has 3 nitrogen and oxygen atoms in total. The second kappa shape index (κ2) is 11.2. The highest BCUT2D eigenvalue weighted by Gasteiger charge is 2.43. The molecule has 0 radical (unpaired) electrons. The Balaban J connectivity index is 0.00000264. The van der Waals surface area contributed by atoms with E-state index < -0.39 is 0 Å². The van der Waals surface area contributed by atoms with E-state index in [-0.39, 0.29) is 24.0 Å². The van der Waals surface area contributed by atoms with Crippen molar-refractivity contribution in [3.8, 4) is 0 Å². The van der Waals surface area contributed by atoms with Crippen molar-refractivity contribution in [3.63, 3.8) is 0 Å². The van der Waals surface area contributed by atoms with Crippen LogP contribution in [0.25, 0.3) is 0 Å². The number of guanidine groups is 1.